The number of thiocarbonyl (C=S) groups is 1. The summed E-state index contributed by atoms with van der Waals surface area (Å²) in [7, 11) is 0. The Balaban J connectivity index is 1.34. The van der Waals surface area contributed by atoms with E-state index in [9.17, 15) is 4.79 Å². The van der Waals surface area contributed by atoms with Gasteiger partial charge in [-0.25, -0.2) is 0 Å². The first-order valence-corrected chi connectivity index (χ1v) is 13.4. The highest BCUT2D eigenvalue weighted by Gasteiger charge is 2.33. The van der Waals surface area contributed by atoms with Crippen molar-refractivity contribution in [2.45, 2.75) is 32.7 Å². The Kier molecular flexibility index (Phi) is 7.25. The van der Waals surface area contributed by atoms with Gasteiger partial charge in [0.15, 0.2) is 4.32 Å². The van der Waals surface area contributed by atoms with Crippen LogP contribution in [0.5, 0.6) is 5.75 Å². The Morgan fingerprint density at radius 1 is 1.00 bits per heavy atom. The molecule has 1 saturated heterocycles. The van der Waals surface area contributed by atoms with Crippen molar-refractivity contribution < 1.29 is 9.53 Å². The van der Waals surface area contributed by atoms with Gasteiger partial charge in [0.25, 0.3) is 5.91 Å². The Hall–Kier alpha value is -3.35. The first-order valence-electron chi connectivity index (χ1n) is 12.2. The molecule has 6 heteroatoms. The molecule has 0 unspecified atom stereocenters. The van der Waals surface area contributed by atoms with E-state index < -0.39 is 0 Å². The van der Waals surface area contributed by atoms with Crippen molar-refractivity contribution in [1.29, 1.82) is 0 Å². The second-order valence-electron chi connectivity index (χ2n) is 8.87. The Morgan fingerprint density at radius 2 is 1.72 bits per heavy atom. The predicted octanol–water partition coefficient (Wildman–Crippen LogP) is 7.64. The van der Waals surface area contributed by atoms with Gasteiger partial charge in [-0.1, -0.05) is 86.4 Å². The van der Waals surface area contributed by atoms with Gasteiger partial charge >= 0.3 is 0 Å². The van der Waals surface area contributed by atoms with Crippen molar-refractivity contribution in [2.75, 3.05) is 11.5 Å². The molecule has 4 aromatic rings. The molecular weight excluding hydrogens is 484 g/mol. The van der Waals surface area contributed by atoms with Gasteiger partial charge in [-0.15, -0.1) is 0 Å². The van der Waals surface area contributed by atoms with Crippen LogP contribution in [0, 0.1) is 0 Å². The van der Waals surface area contributed by atoms with Crippen LogP contribution in [0.3, 0.4) is 0 Å². The van der Waals surface area contributed by atoms with E-state index in [1.54, 1.807) is 4.90 Å². The number of hydrogen-bond donors (Lipinski definition) is 0. The number of amides is 1. The van der Waals surface area contributed by atoms with E-state index >= 15 is 0 Å². The molecule has 0 aliphatic carbocycles. The van der Waals surface area contributed by atoms with Crippen LogP contribution in [0.1, 0.15) is 37.3 Å². The standard InChI is InChI=1S/C30H28N2O2S2/c1-3-21(2)22-13-15-25(16-14-22)34-18-17-31-20-23(26-11-7-8-12-27(26)31)19-28-29(33)32(30(35)36-28)24-9-5-4-6-10-24/h4-16,19-21H,3,17-18H2,1-2H3/b28-19+/t21-/m1/s1. The summed E-state index contributed by atoms with van der Waals surface area (Å²) in [6, 6.07) is 26.2. The number of nitrogens with zero attached hydrogens (tertiary/aromatic N) is 2. The second-order valence-corrected chi connectivity index (χ2v) is 10.6. The molecule has 1 amide bonds. The molecule has 36 heavy (non-hydrogen) atoms. The summed E-state index contributed by atoms with van der Waals surface area (Å²) in [6.07, 6.45) is 5.17. The summed E-state index contributed by atoms with van der Waals surface area (Å²) < 4.78 is 8.78. The molecule has 4 nitrogen and oxygen atoms in total. The number of rotatable bonds is 8. The number of hydrogen-bond acceptors (Lipinski definition) is 4. The number of para-hydroxylation sites is 2. The van der Waals surface area contributed by atoms with Crippen molar-refractivity contribution in [3.05, 3.63) is 101 Å². The van der Waals surface area contributed by atoms with Crippen LogP contribution in [0.25, 0.3) is 17.0 Å². The molecule has 0 radical (unpaired) electrons. The Bertz CT molecular complexity index is 1420. The normalized spacial score (nSPS) is 15.7. The maximum atomic E-state index is 13.2. The fraction of sp³-hybridized carbons (Fsp3) is 0.200. The lowest BCUT2D eigenvalue weighted by molar-refractivity contribution is -0.113. The summed E-state index contributed by atoms with van der Waals surface area (Å²) in [4.78, 5) is 15.4. The lowest BCUT2D eigenvalue weighted by Gasteiger charge is -2.13. The van der Waals surface area contributed by atoms with Gasteiger partial charge in [0.05, 0.1) is 17.1 Å². The average molecular weight is 513 g/mol. The van der Waals surface area contributed by atoms with Crippen molar-refractivity contribution in [1.82, 2.24) is 4.57 Å². The summed E-state index contributed by atoms with van der Waals surface area (Å²) >= 11 is 6.88. The van der Waals surface area contributed by atoms with E-state index in [1.165, 1.54) is 17.3 Å². The minimum atomic E-state index is -0.0859. The predicted molar refractivity (Wildman–Crippen MR) is 155 cm³/mol. The number of ether oxygens (including phenoxy) is 1. The molecule has 3 aromatic carbocycles. The molecule has 1 aromatic heterocycles. The van der Waals surface area contributed by atoms with Crippen molar-refractivity contribution in [3.63, 3.8) is 0 Å². The van der Waals surface area contributed by atoms with Crippen LogP contribution in [-0.4, -0.2) is 21.4 Å². The van der Waals surface area contributed by atoms with Crippen molar-refractivity contribution in [2.24, 2.45) is 0 Å². The maximum absolute atomic E-state index is 13.2. The van der Waals surface area contributed by atoms with Crippen LogP contribution in [-0.2, 0) is 11.3 Å². The number of anilines is 1. The van der Waals surface area contributed by atoms with E-state index in [4.69, 9.17) is 17.0 Å². The van der Waals surface area contributed by atoms with Gasteiger partial charge in [-0.05, 0) is 54.3 Å². The van der Waals surface area contributed by atoms with Crippen LogP contribution in [0.15, 0.2) is 90.0 Å². The quantitative estimate of drug-likeness (QED) is 0.179. The van der Waals surface area contributed by atoms with Crippen LogP contribution in [0.2, 0.25) is 0 Å². The minimum Gasteiger partial charge on any atom is -0.492 e. The summed E-state index contributed by atoms with van der Waals surface area (Å²) in [5.74, 6) is 1.34. The van der Waals surface area contributed by atoms with E-state index in [0.717, 1.165) is 34.3 Å². The Labute approximate surface area is 221 Å². The third-order valence-corrected chi connectivity index (χ3v) is 7.88. The molecule has 1 atom stereocenters. The summed E-state index contributed by atoms with van der Waals surface area (Å²) in [6.45, 7) is 5.70. The molecule has 0 saturated carbocycles. The first kappa shape index (κ1) is 24.3. The van der Waals surface area contributed by atoms with Crippen LogP contribution in [0.4, 0.5) is 5.69 Å². The highest BCUT2D eigenvalue weighted by molar-refractivity contribution is 8.27. The lowest BCUT2D eigenvalue weighted by Crippen LogP contribution is -2.27. The number of carbonyl (C=O) groups is 1. The van der Waals surface area contributed by atoms with Crippen molar-refractivity contribution in [3.8, 4) is 5.75 Å². The highest BCUT2D eigenvalue weighted by Crippen LogP contribution is 2.37. The van der Waals surface area contributed by atoms with Gasteiger partial charge in [-0.3, -0.25) is 9.69 Å². The third-order valence-electron chi connectivity index (χ3n) is 6.58. The van der Waals surface area contributed by atoms with Gasteiger partial charge in [0.1, 0.15) is 12.4 Å². The fourth-order valence-corrected chi connectivity index (χ4v) is 5.66. The van der Waals surface area contributed by atoms with Gasteiger partial charge in [0.2, 0.25) is 0 Å². The minimum absolute atomic E-state index is 0.0859. The number of carbonyl (C=O) groups excluding carboxylic acids is 1. The van der Waals surface area contributed by atoms with Gasteiger partial charge in [-0.2, -0.15) is 0 Å². The third kappa shape index (κ3) is 4.97. The summed E-state index contributed by atoms with van der Waals surface area (Å²) in [5.41, 5.74) is 4.24. The number of aromatic nitrogens is 1. The number of thioether (sulfide) groups is 1. The number of benzene rings is 3. The van der Waals surface area contributed by atoms with E-state index in [0.29, 0.717) is 28.3 Å². The van der Waals surface area contributed by atoms with Crippen LogP contribution < -0.4 is 9.64 Å². The smallest absolute Gasteiger partial charge is 0.270 e. The highest BCUT2D eigenvalue weighted by atomic mass is 32.2. The zero-order valence-electron chi connectivity index (χ0n) is 20.4. The Morgan fingerprint density at radius 3 is 2.47 bits per heavy atom. The first-order chi connectivity index (χ1) is 17.5. The second kappa shape index (κ2) is 10.7. The number of fused-ring (bicyclic) bond motifs is 1. The fourth-order valence-electron chi connectivity index (χ4n) is 4.37. The van der Waals surface area contributed by atoms with E-state index in [2.05, 4.69) is 61.0 Å². The molecule has 5 rings (SSSR count). The largest absolute Gasteiger partial charge is 0.492 e. The topological polar surface area (TPSA) is 34.5 Å². The molecular formula is C30H28N2O2S2. The molecule has 182 valence electrons. The monoisotopic (exact) mass is 512 g/mol. The van der Waals surface area contributed by atoms with Crippen LogP contribution >= 0.6 is 24.0 Å². The molecule has 0 bridgehead atoms. The van der Waals surface area contributed by atoms with Gasteiger partial charge < -0.3 is 9.30 Å². The van der Waals surface area contributed by atoms with Crippen molar-refractivity contribution >= 4 is 56.9 Å². The maximum Gasteiger partial charge on any atom is 0.270 e. The summed E-state index contributed by atoms with van der Waals surface area (Å²) in [5, 5.41) is 1.10. The molecule has 0 spiro atoms. The molecule has 1 aliphatic heterocycles. The molecule has 1 fully saturated rings. The molecule has 2 heterocycles. The lowest BCUT2D eigenvalue weighted by atomic mass is 9.99. The van der Waals surface area contributed by atoms with E-state index in [-0.39, 0.29) is 5.91 Å². The SMILES string of the molecule is CC[C@@H](C)c1ccc(OCCn2cc(/C=C3/SC(=S)N(c4ccccc4)C3=O)c3ccccc32)cc1. The zero-order valence-corrected chi connectivity index (χ0v) is 22.0. The zero-order chi connectivity index (χ0) is 25.1. The van der Waals surface area contributed by atoms with Gasteiger partial charge in [0, 0.05) is 22.7 Å². The van der Waals surface area contributed by atoms with E-state index in [1.807, 2.05) is 48.5 Å². The average Bonchev–Trinajstić information content (AvgIpc) is 3.40. The molecule has 1 aliphatic rings. The molecule has 0 N–H and O–H groups in total.